The first-order valence-electron chi connectivity index (χ1n) is 6.70. The molecule has 1 N–H and O–H groups in total. The molecule has 0 heterocycles. The molecule has 0 aliphatic heterocycles. The highest BCUT2D eigenvalue weighted by Gasteiger charge is 2.07. The molecule has 0 aromatic heterocycles. The van der Waals surface area contributed by atoms with E-state index < -0.39 is 0 Å². The van der Waals surface area contributed by atoms with E-state index in [4.69, 9.17) is 9.47 Å². The van der Waals surface area contributed by atoms with Crippen molar-refractivity contribution in [3.63, 3.8) is 0 Å². The fourth-order valence-corrected chi connectivity index (χ4v) is 1.57. The van der Waals surface area contributed by atoms with Crippen LogP contribution in [0.25, 0.3) is 0 Å². The van der Waals surface area contributed by atoms with Crippen LogP contribution in [-0.4, -0.2) is 64.6 Å². The van der Waals surface area contributed by atoms with Gasteiger partial charge in [-0.2, -0.15) is 0 Å². The Morgan fingerprint density at radius 3 is 2.65 bits per heavy atom. The molecule has 4 heteroatoms. The average Bonchev–Trinajstić information content (AvgIpc) is 2.32. The van der Waals surface area contributed by atoms with Crippen LogP contribution in [0.1, 0.15) is 26.7 Å². The maximum Gasteiger partial charge on any atom is 0.0615 e. The maximum absolute atomic E-state index is 5.29. The third-order valence-corrected chi connectivity index (χ3v) is 2.90. The highest BCUT2D eigenvalue weighted by atomic mass is 16.5. The molecular weight excluding hydrogens is 216 g/mol. The van der Waals surface area contributed by atoms with E-state index in [2.05, 4.69) is 24.2 Å². The summed E-state index contributed by atoms with van der Waals surface area (Å²) in [5.74, 6) is 0. The minimum Gasteiger partial charge on any atom is -0.383 e. The molecule has 0 aromatic carbocycles. The average molecular weight is 246 g/mol. The van der Waals surface area contributed by atoms with E-state index in [9.17, 15) is 0 Å². The molecule has 1 atom stereocenters. The number of nitrogens with zero attached hydrogens (tertiary/aromatic N) is 1. The highest BCUT2D eigenvalue weighted by Crippen LogP contribution is 1.94. The monoisotopic (exact) mass is 246 g/mol. The Kier molecular flexibility index (Phi) is 12.2. The molecule has 104 valence electrons. The Hall–Kier alpha value is -0.160. The molecular formula is C13H30N2O2. The lowest BCUT2D eigenvalue weighted by Crippen LogP contribution is -2.37. The van der Waals surface area contributed by atoms with E-state index in [0.717, 1.165) is 45.9 Å². The molecule has 0 amide bonds. The summed E-state index contributed by atoms with van der Waals surface area (Å²) in [5.41, 5.74) is 0. The summed E-state index contributed by atoms with van der Waals surface area (Å²) in [7, 11) is 3.89. The van der Waals surface area contributed by atoms with Crippen LogP contribution in [0.3, 0.4) is 0 Å². The minimum absolute atomic E-state index is 0.486. The summed E-state index contributed by atoms with van der Waals surface area (Å²) in [6.07, 6.45) is 2.34. The van der Waals surface area contributed by atoms with Gasteiger partial charge < -0.3 is 19.7 Å². The maximum atomic E-state index is 5.29. The van der Waals surface area contributed by atoms with E-state index in [1.54, 1.807) is 7.11 Å². The summed E-state index contributed by atoms with van der Waals surface area (Å²) >= 11 is 0. The van der Waals surface area contributed by atoms with Crippen LogP contribution in [0.2, 0.25) is 0 Å². The van der Waals surface area contributed by atoms with Crippen LogP contribution < -0.4 is 5.32 Å². The van der Waals surface area contributed by atoms with Gasteiger partial charge >= 0.3 is 0 Å². The Balaban J connectivity index is 3.21. The third-order valence-electron chi connectivity index (χ3n) is 2.90. The number of hydrogen-bond acceptors (Lipinski definition) is 4. The van der Waals surface area contributed by atoms with Gasteiger partial charge in [0.25, 0.3) is 0 Å². The second-order valence-electron chi connectivity index (χ2n) is 4.44. The smallest absolute Gasteiger partial charge is 0.0615 e. The molecule has 0 aliphatic rings. The number of likely N-dealkylation sites (N-methyl/N-ethyl adjacent to an activating group) is 1. The molecule has 0 aliphatic carbocycles. The number of ether oxygens (including phenoxy) is 2. The quantitative estimate of drug-likeness (QED) is 0.527. The lowest BCUT2D eigenvalue weighted by atomic mass is 10.3. The van der Waals surface area contributed by atoms with E-state index in [-0.39, 0.29) is 0 Å². The van der Waals surface area contributed by atoms with Crippen LogP contribution in [0, 0.1) is 0 Å². The van der Waals surface area contributed by atoms with E-state index in [1.807, 2.05) is 6.92 Å². The van der Waals surface area contributed by atoms with E-state index >= 15 is 0 Å². The van der Waals surface area contributed by atoms with E-state index in [0.29, 0.717) is 6.04 Å². The largest absolute Gasteiger partial charge is 0.383 e. The van der Waals surface area contributed by atoms with Crippen molar-refractivity contribution in [2.45, 2.75) is 32.7 Å². The Morgan fingerprint density at radius 2 is 2.00 bits per heavy atom. The molecule has 0 saturated carbocycles. The SMILES string of the molecule is CCOCCCCNCCN(C)C(C)COC. The Bertz CT molecular complexity index is 156. The molecule has 17 heavy (non-hydrogen) atoms. The zero-order chi connectivity index (χ0) is 12.9. The van der Waals surface area contributed by atoms with Gasteiger partial charge in [-0.1, -0.05) is 0 Å². The first-order chi connectivity index (χ1) is 8.22. The van der Waals surface area contributed by atoms with Gasteiger partial charge in [0.05, 0.1) is 6.61 Å². The molecule has 1 unspecified atom stereocenters. The molecule has 0 fully saturated rings. The topological polar surface area (TPSA) is 33.7 Å². The second-order valence-corrected chi connectivity index (χ2v) is 4.44. The van der Waals surface area contributed by atoms with Crippen molar-refractivity contribution in [1.82, 2.24) is 10.2 Å². The zero-order valence-corrected chi connectivity index (χ0v) is 12.0. The van der Waals surface area contributed by atoms with Crippen LogP contribution in [0.5, 0.6) is 0 Å². The van der Waals surface area contributed by atoms with Crippen molar-refractivity contribution in [3.05, 3.63) is 0 Å². The van der Waals surface area contributed by atoms with Crippen molar-refractivity contribution in [1.29, 1.82) is 0 Å². The summed E-state index contributed by atoms with van der Waals surface area (Å²) < 4.78 is 10.4. The number of methoxy groups -OCH3 is 1. The van der Waals surface area contributed by atoms with Crippen molar-refractivity contribution in [2.24, 2.45) is 0 Å². The fraction of sp³-hybridized carbons (Fsp3) is 1.00. The normalized spacial score (nSPS) is 13.2. The van der Waals surface area contributed by atoms with Crippen molar-refractivity contribution in [3.8, 4) is 0 Å². The summed E-state index contributed by atoms with van der Waals surface area (Å²) in [4.78, 5) is 2.32. The first kappa shape index (κ1) is 16.8. The summed E-state index contributed by atoms with van der Waals surface area (Å²) in [5, 5.41) is 3.45. The van der Waals surface area contributed by atoms with Crippen LogP contribution in [0.15, 0.2) is 0 Å². The van der Waals surface area contributed by atoms with Gasteiger partial charge in [-0.15, -0.1) is 0 Å². The number of unbranched alkanes of at least 4 members (excludes halogenated alkanes) is 1. The molecule has 4 nitrogen and oxygen atoms in total. The number of nitrogens with one attached hydrogen (secondary N) is 1. The van der Waals surface area contributed by atoms with Gasteiger partial charge in [0.15, 0.2) is 0 Å². The van der Waals surface area contributed by atoms with Gasteiger partial charge in [0.1, 0.15) is 0 Å². The molecule has 0 bridgehead atoms. The number of rotatable bonds is 12. The van der Waals surface area contributed by atoms with Gasteiger partial charge in [-0.25, -0.2) is 0 Å². The van der Waals surface area contributed by atoms with Crippen LogP contribution >= 0.6 is 0 Å². The predicted octanol–water partition coefficient (Wildman–Crippen LogP) is 1.36. The Labute approximate surface area is 107 Å². The first-order valence-corrected chi connectivity index (χ1v) is 6.70. The Morgan fingerprint density at radius 1 is 1.24 bits per heavy atom. The molecule has 0 radical (unpaired) electrons. The predicted molar refractivity (Wildman–Crippen MR) is 72.6 cm³/mol. The summed E-state index contributed by atoms with van der Waals surface area (Å²) in [6, 6.07) is 0.486. The van der Waals surface area contributed by atoms with Gasteiger partial charge in [-0.3, -0.25) is 0 Å². The lowest BCUT2D eigenvalue weighted by Gasteiger charge is -2.23. The van der Waals surface area contributed by atoms with Crippen molar-refractivity contribution >= 4 is 0 Å². The second kappa shape index (κ2) is 12.3. The summed E-state index contributed by atoms with van der Waals surface area (Å²) in [6.45, 7) is 9.93. The third kappa shape index (κ3) is 10.7. The van der Waals surface area contributed by atoms with Gasteiger partial charge in [0, 0.05) is 39.5 Å². The van der Waals surface area contributed by atoms with Crippen molar-refractivity contribution < 1.29 is 9.47 Å². The van der Waals surface area contributed by atoms with Gasteiger partial charge in [0.2, 0.25) is 0 Å². The van der Waals surface area contributed by atoms with Crippen LogP contribution in [0.4, 0.5) is 0 Å². The molecule has 0 aromatic rings. The highest BCUT2D eigenvalue weighted by molar-refractivity contribution is 4.63. The fourth-order valence-electron chi connectivity index (χ4n) is 1.57. The van der Waals surface area contributed by atoms with E-state index in [1.165, 1.54) is 6.42 Å². The molecule has 0 rings (SSSR count). The lowest BCUT2D eigenvalue weighted by molar-refractivity contribution is 0.116. The minimum atomic E-state index is 0.486. The molecule has 0 saturated heterocycles. The van der Waals surface area contributed by atoms with Crippen LogP contribution in [-0.2, 0) is 9.47 Å². The standard InChI is InChI=1S/C13H30N2O2/c1-5-17-11-7-6-8-14-9-10-15(3)13(2)12-16-4/h13-14H,5-12H2,1-4H3. The number of hydrogen-bond donors (Lipinski definition) is 1. The van der Waals surface area contributed by atoms with Crippen molar-refractivity contribution in [2.75, 3.05) is 53.6 Å². The van der Waals surface area contributed by atoms with Gasteiger partial charge in [-0.05, 0) is 40.3 Å². The molecule has 0 spiro atoms. The zero-order valence-electron chi connectivity index (χ0n) is 12.0.